The Labute approximate surface area is 110 Å². The maximum Gasteiger partial charge on any atom is 0.347 e. The molecule has 4 heteroatoms. The van der Waals surface area contributed by atoms with Crippen LogP contribution in [0.15, 0.2) is 37.9 Å². The van der Waals surface area contributed by atoms with Crippen LogP contribution in [0.4, 0.5) is 0 Å². The van der Waals surface area contributed by atoms with Crippen molar-refractivity contribution < 1.29 is 9.52 Å². The number of hydrogen-bond acceptors (Lipinski definition) is 3. The summed E-state index contributed by atoms with van der Waals surface area (Å²) in [7, 11) is 0. The minimum Gasteiger partial charge on any atom is -0.480 e. The summed E-state index contributed by atoms with van der Waals surface area (Å²) in [4.78, 5) is 11.9. The van der Waals surface area contributed by atoms with Gasteiger partial charge in [-0.05, 0) is 29.7 Å². The van der Waals surface area contributed by atoms with E-state index in [0.717, 1.165) is 20.5 Å². The zero-order valence-electron chi connectivity index (χ0n) is 9.53. The first kappa shape index (κ1) is 11.3. The third-order valence-electron chi connectivity index (χ3n) is 3.08. The highest BCUT2D eigenvalue weighted by molar-refractivity contribution is 9.10. The van der Waals surface area contributed by atoms with Gasteiger partial charge < -0.3 is 9.52 Å². The molecule has 0 spiro atoms. The van der Waals surface area contributed by atoms with E-state index in [9.17, 15) is 9.90 Å². The molecule has 90 valence electrons. The molecule has 3 nitrogen and oxygen atoms in total. The van der Waals surface area contributed by atoms with Gasteiger partial charge in [-0.25, -0.2) is 4.79 Å². The Morgan fingerprint density at radius 1 is 1.28 bits per heavy atom. The second-order valence-electron chi connectivity index (χ2n) is 4.03. The maximum absolute atomic E-state index is 11.9. The van der Waals surface area contributed by atoms with Gasteiger partial charge in [-0.1, -0.05) is 34.1 Å². The highest BCUT2D eigenvalue weighted by Gasteiger charge is 2.14. The fraction of sp³-hybridized carbons (Fsp3) is 0.0714. The smallest absolute Gasteiger partial charge is 0.347 e. The lowest BCUT2D eigenvalue weighted by atomic mass is 10.0. The van der Waals surface area contributed by atoms with Gasteiger partial charge in [-0.2, -0.15) is 0 Å². The third-order valence-corrected chi connectivity index (χ3v) is 3.73. The molecule has 3 rings (SSSR count). The van der Waals surface area contributed by atoms with Crippen molar-refractivity contribution in [2.24, 2.45) is 0 Å². The van der Waals surface area contributed by atoms with Crippen LogP contribution >= 0.6 is 15.9 Å². The summed E-state index contributed by atoms with van der Waals surface area (Å²) >= 11 is 3.49. The maximum atomic E-state index is 11.9. The molecule has 1 aromatic heterocycles. The van der Waals surface area contributed by atoms with Crippen LogP contribution in [-0.2, 0) is 0 Å². The summed E-state index contributed by atoms with van der Waals surface area (Å²) in [5.41, 5.74) is -0.517. The van der Waals surface area contributed by atoms with Crippen molar-refractivity contribution in [2.75, 3.05) is 0 Å². The van der Waals surface area contributed by atoms with E-state index in [4.69, 9.17) is 4.42 Å². The van der Waals surface area contributed by atoms with Gasteiger partial charge in [0.15, 0.2) is 0 Å². The molecule has 0 aliphatic carbocycles. The fourth-order valence-electron chi connectivity index (χ4n) is 2.27. The van der Waals surface area contributed by atoms with Crippen LogP contribution in [0.3, 0.4) is 0 Å². The largest absolute Gasteiger partial charge is 0.480 e. The fourth-order valence-corrected chi connectivity index (χ4v) is 2.85. The lowest BCUT2D eigenvalue weighted by Crippen LogP contribution is -2.13. The molecular weight excluding hydrogens is 296 g/mol. The Balaban J connectivity index is 2.85. The van der Waals surface area contributed by atoms with Crippen molar-refractivity contribution in [1.82, 2.24) is 0 Å². The van der Waals surface area contributed by atoms with Crippen molar-refractivity contribution in [3.8, 4) is 5.95 Å². The normalized spacial score (nSPS) is 12.7. The highest BCUT2D eigenvalue weighted by Crippen LogP contribution is 2.32. The summed E-state index contributed by atoms with van der Waals surface area (Å²) in [6, 6.07) is 7.33. The third kappa shape index (κ3) is 1.39. The molecule has 18 heavy (non-hydrogen) atoms. The zero-order valence-corrected chi connectivity index (χ0v) is 11.1. The van der Waals surface area contributed by atoms with Gasteiger partial charge in [0, 0.05) is 9.86 Å². The molecule has 1 N–H and O–H groups in total. The van der Waals surface area contributed by atoms with Gasteiger partial charge in [0.25, 0.3) is 5.95 Å². The number of benzene rings is 2. The molecule has 0 unspecified atom stereocenters. The first-order chi connectivity index (χ1) is 8.63. The number of hydrogen-bond donors (Lipinski definition) is 1. The molecule has 0 radical (unpaired) electrons. The molecular formula is C14H9BrO3. The Morgan fingerprint density at radius 2 is 2.00 bits per heavy atom. The van der Waals surface area contributed by atoms with E-state index >= 15 is 0 Å². The summed E-state index contributed by atoms with van der Waals surface area (Å²) in [5.74, 6) is -0.335. The number of halogens is 1. The molecule has 3 aromatic rings. The lowest BCUT2D eigenvalue weighted by Gasteiger charge is -2.07. The average Bonchev–Trinajstić information content (AvgIpc) is 2.36. The topological polar surface area (TPSA) is 50.4 Å². The van der Waals surface area contributed by atoms with Crippen molar-refractivity contribution in [2.45, 2.75) is 6.92 Å². The molecule has 1 heterocycles. The first-order valence-electron chi connectivity index (χ1n) is 5.46. The van der Waals surface area contributed by atoms with Crippen LogP contribution in [0.5, 0.6) is 5.95 Å². The van der Waals surface area contributed by atoms with Gasteiger partial charge >= 0.3 is 5.63 Å². The van der Waals surface area contributed by atoms with Gasteiger partial charge in [0.2, 0.25) is 0 Å². The minimum absolute atomic E-state index is 0.335. The Hall–Kier alpha value is -1.81. The second-order valence-corrected chi connectivity index (χ2v) is 4.89. The van der Waals surface area contributed by atoms with Crippen molar-refractivity contribution >= 4 is 43.6 Å². The van der Waals surface area contributed by atoms with E-state index in [-0.39, 0.29) is 5.95 Å². The SMILES string of the molecule is CC=c1cc(Br)c2cccc3c(O)oc(=O)c1c23. The summed E-state index contributed by atoms with van der Waals surface area (Å²) in [6.45, 7) is 1.86. The molecule has 0 saturated carbocycles. The predicted octanol–water partition coefficient (Wildman–Crippen LogP) is 2.93. The molecule has 0 fully saturated rings. The van der Waals surface area contributed by atoms with Gasteiger partial charge in [0.05, 0.1) is 10.8 Å². The first-order valence-corrected chi connectivity index (χ1v) is 6.26. The standard InChI is InChI=1S/C14H9BrO3/c1-2-7-6-10(15)8-4-3-5-9-12(8)11(7)14(17)18-13(9)16/h2-6,16H,1H3. The molecule has 2 aromatic carbocycles. The van der Waals surface area contributed by atoms with E-state index in [2.05, 4.69) is 15.9 Å². The van der Waals surface area contributed by atoms with E-state index < -0.39 is 5.63 Å². The Kier molecular flexibility index (Phi) is 2.41. The molecule has 0 atom stereocenters. The summed E-state index contributed by atoms with van der Waals surface area (Å²) in [6.07, 6.45) is 1.85. The zero-order chi connectivity index (χ0) is 12.9. The van der Waals surface area contributed by atoms with Gasteiger partial charge in [-0.15, -0.1) is 0 Å². The van der Waals surface area contributed by atoms with Crippen LogP contribution in [0, 0.1) is 0 Å². The lowest BCUT2D eigenvalue weighted by molar-refractivity contribution is 0.319. The van der Waals surface area contributed by atoms with E-state index in [1.807, 2.05) is 31.2 Å². The monoisotopic (exact) mass is 304 g/mol. The van der Waals surface area contributed by atoms with E-state index in [1.165, 1.54) is 0 Å². The van der Waals surface area contributed by atoms with Gasteiger partial charge in [0.1, 0.15) is 0 Å². The van der Waals surface area contributed by atoms with E-state index in [0.29, 0.717) is 10.8 Å². The Bertz CT molecular complexity index is 862. The van der Waals surface area contributed by atoms with Gasteiger partial charge in [-0.3, -0.25) is 0 Å². The molecule has 0 amide bonds. The molecule has 0 saturated heterocycles. The van der Waals surface area contributed by atoms with Crippen LogP contribution in [0.1, 0.15) is 6.92 Å². The van der Waals surface area contributed by atoms with Crippen molar-refractivity contribution in [3.05, 3.63) is 44.4 Å². The van der Waals surface area contributed by atoms with Crippen LogP contribution in [0.2, 0.25) is 0 Å². The van der Waals surface area contributed by atoms with Crippen LogP contribution < -0.4 is 10.8 Å². The Morgan fingerprint density at radius 3 is 2.72 bits per heavy atom. The summed E-state index contributed by atoms with van der Waals surface area (Å²) < 4.78 is 5.77. The minimum atomic E-state index is -0.517. The number of rotatable bonds is 0. The highest BCUT2D eigenvalue weighted by atomic mass is 79.9. The molecule has 0 bridgehead atoms. The van der Waals surface area contributed by atoms with E-state index in [1.54, 1.807) is 6.07 Å². The summed E-state index contributed by atoms with van der Waals surface area (Å²) in [5, 5.41) is 13.2. The predicted molar refractivity (Wildman–Crippen MR) is 74.7 cm³/mol. The number of aromatic hydroxyl groups is 1. The van der Waals surface area contributed by atoms with Crippen molar-refractivity contribution in [3.63, 3.8) is 0 Å². The van der Waals surface area contributed by atoms with Crippen LogP contribution in [-0.4, -0.2) is 5.11 Å². The molecule has 0 aliphatic rings. The van der Waals surface area contributed by atoms with Crippen LogP contribution in [0.25, 0.3) is 27.6 Å². The quantitative estimate of drug-likeness (QED) is 0.695. The van der Waals surface area contributed by atoms with Crippen molar-refractivity contribution in [1.29, 1.82) is 0 Å². The molecule has 0 aliphatic heterocycles. The average molecular weight is 305 g/mol. The second kappa shape index (κ2) is 3.85.